The molecule has 1 aromatic carbocycles. The van der Waals surface area contributed by atoms with Crippen LogP contribution in [0.5, 0.6) is 0 Å². The SMILES string of the molecule is Cc1csc(CNC(C)Cc2c(F)cccc2F)n1. The Hall–Kier alpha value is -1.33. The third-order valence-electron chi connectivity index (χ3n) is 2.84. The van der Waals surface area contributed by atoms with Crippen LogP contribution in [-0.2, 0) is 13.0 Å². The largest absolute Gasteiger partial charge is 0.308 e. The number of aryl methyl sites for hydroxylation is 1. The molecule has 0 saturated carbocycles. The predicted molar refractivity (Wildman–Crippen MR) is 73.2 cm³/mol. The quantitative estimate of drug-likeness (QED) is 0.908. The molecule has 0 saturated heterocycles. The fourth-order valence-corrected chi connectivity index (χ4v) is 2.57. The van der Waals surface area contributed by atoms with E-state index < -0.39 is 11.6 Å². The maximum absolute atomic E-state index is 13.5. The van der Waals surface area contributed by atoms with E-state index in [0.29, 0.717) is 13.0 Å². The molecule has 1 aromatic heterocycles. The van der Waals surface area contributed by atoms with Crippen molar-refractivity contribution in [2.45, 2.75) is 32.9 Å². The summed E-state index contributed by atoms with van der Waals surface area (Å²) in [7, 11) is 0. The van der Waals surface area contributed by atoms with Crippen molar-refractivity contribution < 1.29 is 8.78 Å². The standard InChI is InChI=1S/C14H16F2N2S/c1-9(17-7-14-18-10(2)8-19-14)6-11-12(15)4-3-5-13(11)16/h3-5,8-9,17H,6-7H2,1-2H3. The van der Waals surface area contributed by atoms with E-state index in [1.165, 1.54) is 18.2 Å². The van der Waals surface area contributed by atoms with Crippen LogP contribution in [-0.4, -0.2) is 11.0 Å². The lowest BCUT2D eigenvalue weighted by Crippen LogP contribution is -2.28. The summed E-state index contributed by atoms with van der Waals surface area (Å²) in [6.45, 7) is 4.47. The van der Waals surface area contributed by atoms with Gasteiger partial charge in [0.25, 0.3) is 0 Å². The average molecular weight is 282 g/mol. The van der Waals surface area contributed by atoms with Crippen LogP contribution in [0.3, 0.4) is 0 Å². The third kappa shape index (κ3) is 3.81. The molecule has 0 spiro atoms. The first-order valence-corrected chi connectivity index (χ1v) is 7.01. The molecule has 0 amide bonds. The number of aromatic nitrogens is 1. The van der Waals surface area contributed by atoms with Crippen molar-refractivity contribution in [1.29, 1.82) is 0 Å². The average Bonchev–Trinajstić information content (AvgIpc) is 2.77. The Morgan fingerprint density at radius 2 is 2.00 bits per heavy atom. The first kappa shape index (κ1) is 14.1. The van der Waals surface area contributed by atoms with Crippen LogP contribution in [0.15, 0.2) is 23.6 Å². The Bertz CT molecular complexity index is 534. The molecule has 0 bridgehead atoms. The van der Waals surface area contributed by atoms with E-state index in [1.807, 2.05) is 19.2 Å². The number of halogens is 2. The van der Waals surface area contributed by atoms with Crippen molar-refractivity contribution >= 4 is 11.3 Å². The van der Waals surface area contributed by atoms with E-state index in [-0.39, 0.29) is 11.6 Å². The molecule has 0 aliphatic carbocycles. The van der Waals surface area contributed by atoms with E-state index in [9.17, 15) is 8.78 Å². The number of hydrogen-bond acceptors (Lipinski definition) is 3. The number of nitrogens with one attached hydrogen (secondary N) is 1. The molecule has 1 N–H and O–H groups in total. The van der Waals surface area contributed by atoms with Crippen molar-refractivity contribution in [2.75, 3.05) is 0 Å². The molecule has 19 heavy (non-hydrogen) atoms. The summed E-state index contributed by atoms with van der Waals surface area (Å²) in [4.78, 5) is 4.33. The molecule has 2 rings (SSSR count). The minimum atomic E-state index is -0.487. The molecule has 0 aliphatic rings. The molecule has 2 aromatic rings. The second kappa shape index (κ2) is 6.21. The molecular formula is C14H16F2N2S. The second-order valence-corrected chi connectivity index (χ2v) is 5.51. The zero-order chi connectivity index (χ0) is 13.8. The van der Waals surface area contributed by atoms with E-state index in [2.05, 4.69) is 10.3 Å². The van der Waals surface area contributed by atoms with E-state index in [4.69, 9.17) is 0 Å². The fraction of sp³-hybridized carbons (Fsp3) is 0.357. The van der Waals surface area contributed by atoms with E-state index in [0.717, 1.165) is 10.7 Å². The topological polar surface area (TPSA) is 24.9 Å². The highest BCUT2D eigenvalue weighted by Gasteiger charge is 2.12. The Balaban J connectivity index is 1.92. The first-order valence-electron chi connectivity index (χ1n) is 6.13. The van der Waals surface area contributed by atoms with E-state index >= 15 is 0 Å². The van der Waals surface area contributed by atoms with Gasteiger partial charge in [-0.1, -0.05) is 6.07 Å². The highest BCUT2D eigenvalue weighted by atomic mass is 32.1. The van der Waals surface area contributed by atoms with Crippen LogP contribution in [0.25, 0.3) is 0 Å². The Kier molecular flexibility index (Phi) is 4.61. The highest BCUT2D eigenvalue weighted by Crippen LogP contribution is 2.15. The van der Waals surface area contributed by atoms with Gasteiger partial charge in [-0.3, -0.25) is 0 Å². The molecule has 2 nitrogen and oxygen atoms in total. The van der Waals surface area contributed by atoms with E-state index in [1.54, 1.807) is 11.3 Å². The van der Waals surface area contributed by atoms with Gasteiger partial charge in [-0.05, 0) is 32.4 Å². The van der Waals surface area contributed by atoms with Gasteiger partial charge in [0, 0.05) is 29.2 Å². The normalized spacial score (nSPS) is 12.6. The molecule has 102 valence electrons. The zero-order valence-corrected chi connectivity index (χ0v) is 11.7. The molecule has 1 atom stereocenters. The van der Waals surface area contributed by atoms with Crippen molar-refractivity contribution in [1.82, 2.24) is 10.3 Å². The van der Waals surface area contributed by atoms with Crippen LogP contribution >= 0.6 is 11.3 Å². The maximum Gasteiger partial charge on any atom is 0.129 e. The van der Waals surface area contributed by atoms with Crippen LogP contribution in [0.2, 0.25) is 0 Å². The summed E-state index contributed by atoms with van der Waals surface area (Å²) in [5.41, 5.74) is 1.13. The summed E-state index contributed by atoms with van der Waals surface area (Å²) in [6.07, 6.45) is 0.322. The van der Waals surface area contributed by atoms with Crippen molar-refractivity contribution in [3.05, 3.63) is 51.5 Å². The summed E-state index contributed by atoms with van der Waals surface area (Å²) in [5, 5.41) is 6.20. The van der Waals surface area contributed by atoms with Crippen molar-refractivity contribution in [3.8, 4) is 0 Å². The van der Waals surface area contributed by atoms with Crippen LogP contribution < -0.4 is 5.32 Å². The molecule has 1 unspecified atom stereocenters. The van der Waals surface area contributed by atoms with Gasteiger partial charge in [-0.25, -0.2) is 13.8 Å². The lowest BCUT2D eigenvalue weighted by Gasteiger charge is -2.13. The Morgan fingerprint density at radius 1 is 1.32 bits per heavy atom. The van der Waals surface area contributed by atoms with Gasteiger partial charge in [0.15, 0.2) is 0 Å². The zero-order valence-electron chi connectivity index (χ0n) is 10.9. The summed E-state index contributed by atoms with van der Waals surface area (Å²) in [6, 6.07) is 3.94. The number of rotatable bonds is 5. The Morgan fingerprint density at radius 3 is 2.58 bits per heavy atom. The van der Waals surface area contributed by atoms with Crippen LogP contribution in [0, 0.1) is 18.6 Å². The molecular weight excluding hydrogens is 266 g/mol. The number of thiazole rings is 1. The summed E-state index contributed by atoms with van der Waals surface area (Å²) in [5.74, 6) is -0.975. The minimum absolute atomic E-state index is 0.0180. The number of nitrogens with zero attached hydrogens (tertiary/aromatic N) is 1. The van der Waals surface area contributed by atoms with Crippen molar-refractivity contribution in [2.24, 2.45) is 0 Å². The first-order chi connectivity index (χ1) is 9.06. The van der Waals surface area contributed by atoms with Crippen molar-refractivity contribution in [3.63, 3.8) is 0 Å². The van der Waals surface area contributed by atoms with Gasteiger partial charge in [0.1, 0.15) is 16.6 Å². The van der Waals surface area contributed by atoms with Gasteiger partial charge < -0.3 is 5.32 Å². The maximum atomic E-state index is 13.5. The number of hydrogen-bond donors (Lipinski definition) is 1. The van der Waals surface area contributed by atoms with Gasteiger partial charge in [0.2, 0.25) is 0 Å². The van der Waals surface area contributed by atoms with Gasteiger partial charge in [-0.2, -0.15) is 0 Å². The molecule has 0 radical (unpaired) electrons. The third-order valence-corrected chi connectivity index (χ3v) is 3.81. The molecule has 1 heterocycles. The predicted octanol–water partition coefficient (Wildman–Crippen LogP) is 3.45. The summed E-state index contributed by atoms with van der Waals surface area (Å²) < 4.78 is 27.0. The minimum Gasteiger partial charge on any atom is -0.308 e. The smallest absolute Gasteiger partial charge is 0.129 e. The van der Waals surface area contributed by atoms with Gasteiger partial charge >= 0.3 is 0 Å². The molecule has 0 fully saturated rings. The lowest BCUT2D eigenvalue weighted by atomic mass is 10.1. The van der Waals surface area contributed by atoms with Gasteiger partial charge in [0.05, 0.1) is 0 Å². The summed E-state index contributed by atoms with van der Waals surface area (Å²) >= 11 is 1.58. The molecule has 0 aliphatic heterocycles. The second-order valence-electron chi connectivity index (χ2n) is 4.57. The highest BCUT2D eigenvalue weighted by molar-refractivity contribution is 7.09. The van der Waals surface area contributed by atoms with Crippen LogP contribution in [0.4, 0.5) is 8.78 Å². The molecule has 5 heteroatoms. The van der Waals surface area contributed by atoms with Crippen LogP contribution in [0.1, 0.15) is 23.2 Å². The van der Waals surface area contributed by atoms with Gasteiger partial charge in [-0.15, -0.1) is 11.3 Å². The number of benzene rings is 1. The monoisotopic (exact) mass is 282 g/mol. The Labute approximate surface area is 115 Å². The fourth-order valence-electron chi connectivity index (χ4n) is 1.85. The lowest BCUT2D eigenvalue weighted by molar-refractivity contribution is 0.499.